The fourth-order valence-corrected chi connectivity index (χ4v) is 6.35. The minimum Gasteiger partial charge on any atom is -0.354 e. The lowest BCUT2D eigenvalue weighted by Gasteiger charge is -2.34. The van der Waals surface area contributed by atoms with Crippen LogP contribution in [0.3, 0.4) is 0 Å². The molecule has 3 aromatic carbocycles. The van der Waals surface area contributed by atoms with Gasteiger partial charge in [-0.15, -0.1) is 0 Å². The van der Waals surface area contributed by atoms with Crippen molar-refractivity contribution in [3.05, 3.63) is 92.9 Å². The first-order chi connectivity index (χ1) is 19.0. The molecule has 3 aromatic rings. The molecule has 0 aliphatic rings. The molecular weight excluding hydrogens is 593 g/mol. The lowest BCUT2D eigenvalue weighted by atomic mass is 10.1. The Kier molecular flexibility index (Phi) is 11.3. The number of rotatable bonds is 12. The van der Waals surface area contributed by atoms with Crippen LogP contribution in [0.4, 0.5) is 5.69 Å². The Bertz CT molecular complexity index is 1430. The molecule has 0 aliphatic heterocycles. The summed E-state index contributed by atoms with van der Waals surface area (Å²) in [6.45, 7) is 5.26. The van der Waals surface area contributed by atoms with Crippen LogP contribution >= 0.6 is 34.8 Å². The summed E-state index contributed by atoms with van der Waals surface area (Å²) in [5, 5.41) is 3.89. The number of sulfonamides is 1. The Morgan fingerprint density at radius 3 is 2.10 bits per heavy atom. The lowest BCUT2D eigenvalue weighted by Crippen LogP contribution is -2.52. The number of hydrogen-bond donors (Lipinski definition) is 1. The van der Waals surface area contributed by atoms with Gasteiger partial charge in [-0.1, -0.05) is 72.9 Å². The van der Waals surface area contributed by atoms with Gasteiger partial charge in [0.05, 0.1) is 10.6 Å². The molecule has 214 valence electrons. The van der Waals surface area contributed by atoms with E-state index < -0.39 is 28.5 Å². The molecule has 7 nitrogen and oxygen atoms in total. The van der Waals surface area contributed by atoms with Crippen LogP contribution < -0.4 is 9.62 Å². The van der Waals surface area contributed by atoms with Crippen LogP contribution in [-0.4, -0.2) is 44.3 Å². The zero-order valence-corrected chi connectivity index (χ0v) is 25.6. The maximum absolute atomic E-state index is 14.1. The largest absolute Gasteiger partial charge is 0.354 e. The summed E-state index contributed by atoms with van der Waals surface area (Å²) in [5.74, 6) is -0.931. The molecule has 0 unspecified atom stereocenters. The normalized spacial score (nSPS) is 12.1. The molecule has 11 heteroatoms. The molecule has 1 N–H and O–H groups in total. The Morgan fingerprint density at radius 2 is 1.52 bits per heavy atom. The zero-order valence-electron chi connectivity index (χ0n) is 22.5. The summed E-state index contributed by atoms with van der Waals surface area (Å²) >= 11 is 18.9. The van der Waals surface area contributed by atoms with Crippen molar-refractivity contribution < 1.29 is 18.0 Å². The third-order valence-corrected chi connectivity index (χ3v) is 9.12. The Morgan fingerprint density at radius 1 is 0.900 bits per heavy atom. The first-order valence-electron chi connectivity index (χ1n) is 12.8. The van der Waals surface area contributed by atoms with Gasteiger partial charge < -0.3 is 10.2 Å². The van der Waals surface area contributed by atoms with Crippen LogP contribution in [-0.2, 0) is 26.2 Å². The van der Waals surface area contributed by atoms with E-state index in [2.05, 4.69) is 5.32 Å². The molecule has 0 aliphatic carbocycles. The fraction of sp³-hybridized carbons (Fsp3) is 0.310. The van der Waals surface area contributed by atoms with E-state index in [0.29, 0.717) is 44.8 Å². The Labute approximate surface area is 251 Å². The maximum atomic E-state index is 14.1. The number of para-hydroxylation sites is 1. The molecule has 0 spiro atoms. The second kappa shape index (κ2) is 14.2. The summed E-state index contributed by atoms with van der Waals surface area (Å²) in [4.78, 5) is 28.6. The minimum atomic E-state index is -4.20. The second-order valence-electron chi connectivity index (χ2n) is 9.19. The number of carbonyl (C=O) groups is 2. The summed E-state index contributed by atoms with van der Waals surface area (Å²) in [6.07, 6.45) is 1.00. The van der Waals surface area contributed by atoms with Crippen LogP contribution in [0.5, 0.6) is 0 Å². The molecule has 40 heavy (non-hydrogen) atoms. The second-order valence-corrected chi connectivity index (χ2v) is 12.3. The Balaban J connectivity index is 2.10. The molecule has 0 saturated carbocycles. The SMILES string of the molecule is CCCNC(=O)[C@@H](CC)N(Cc1c(Cl)cccc1Cl)C(=O)CN(c1ccccc1C)S(=O)(=O)c1ccc(Cl)cc1. The molecule has 0 radical (unpaired) electrons. The predicted octanol–water partition coefficient (Wildman–Crippen LogP) is 6.48. The maximum Gasteiger partial charge on any atom is 0.264 e. The summed E-state index contributed by atoms with van der Waals surface area (Å²) in [6, 6.07) is 16.7. The van der Waals surface area contributed by atoms with Gasteiger partial charge in [0.1, 0.15) is 12.6 Å². The van der Waals surface area contributed by atoms with Gasteiger partial charge in [0, 0.05) is 33.7 Å². The average Bonchev–Trinajstić information content (AvgIpc) is 2.92. The van der Waals surface area contributed by atoms with Gasteiger partial charge in [-0.25, -0.2) is 8.42 Å². The number of hydrogen-bond acceptors (Lipinski definition) is 4. The molecule has 2 amide bonds. The molecule has 0 fully saturated rings. The topological polar surface area (TPSA) is 86.8 Å². The first-order valence-corrected chi connectivity index (χ1v) is 15.4. The zero-order chi connectivity index (χ0) is 29.4. The molecule has 3 rings (SSSR count). The number of benzene rings is 3. The van der Waals surface area contributed by atoms with Crippen LogP contribution in [0.25, 0.3) is 0 Å². The van der Waals surface area contributed by atoms with Crippen molar-refractivity contribution in [1.29, 1.82) is 0 Å². The van der Waals surface area contributed by atoms with Gasteiger partial charge in [-0.3, -0.25) is 13.9 Å². The van der Waals surface area contributed by atoms with Gasteiger partial charge in [0.2, 0.25) is 11.8 Å². The highest BCUT2D eigenvalue weighted by Gasteiger charge is 2.34. The van der Waals surface area contributed by atoms with E-state index in [1.807, 2.05) is 6.92 Å². The summed E-state index contributed by atoms with van der Waals surface area (Å²) in [7, 11) is -4.20. The van der Waals surface area contributed by atoms with Gasteiger partial charge in [0.15, 0.2) is 0 Å². The predicted molar refractivity (Wildman–Crippen MR) is 162 cm³/mol. The third kappa shape index (κ3) is 7.49. The highest BCUT2D eigenvalue weighted by molar-refractivity contribution is 7.92. The first kappa shape index (κ1) is 31.7. The summed E-state index contributed by atoms with van der Waals surface area (Å²) in [5.41, 5.74) is 1.45. The number of anilines is 1. The highest BCUT2D eigenvalue weighted by Crippen LogP contribution is 2.30. The van der Waals surface area contributed by atoms with Crippen LogP contribution in [0.2, 0.25) is 15.1 Å². The van der Waals surface area contributed by atoms with E-state index in [1.54, 1.807) is 56.3 Å². The van der Waals surface area contributed by atoms with E-state index in [1.165, 1.54) is 29.2 Å². The monoisotopic (exact) mass is 623 g/mol. The fourth-order valence-electron chi connectivity index (χ4n) is 4.23. The number of amides is 2. The van der Waals surface area contributed by atoms with Crippen molar-refractivity contribution >= 4 is 62.3 Å². The number of carbonyl (C=O) groups excluding carboxylic acids is 2. The number of halogens is 3. The van der Waals surface area contributed by atoms with Crippen molar-refractivity contribution in [3.63, 3.8) is 0 Å². The van der Waals surface area contributed by atoms with E-state index in [9.17, 15) is 18.0 Å². The smallest absolute Gasteiger partial charge is 0.264 e. The lowest BCUT2D eigenvalue weighted by molar-refractivity contribution is -0.140. The molecule has 0 saturated heterocycles. The van der Waals surface area contributed by atoms with Crippen LogP contribution in [0.15, 0.2) is 71.6 Å². The van der Waals surface area contributed by atoms with Crippen LogP contribution in [0, 0.1) is 6.92 Å². The standard InChI is InChI=1S/C29H32Cl3N3O4S/c1-4-17-33-29(37)26(5-2)34(18-23-24(31)10-8-11-25(23)32)28(36)19-35(27-12-7-6-9-20(27)3)40(38,39)22-15-13-21(30)14-16-22/h6-16,26H,4-5,17-19H2,1-3H3,(H,33,37)/t26-/m1/s1. The van der Waals surface area contributed by atoms with Crippen molar-refractivity contribution in [1.82, 2.24) is 10.2 Å². The molecule has 1 atom stereocenters. The number of nitrogens with zero attached hydrogens (tertiary/aromatic N) is 2. The van der Waals surface area contributed by atoms with Gasteiger partial charge in [-0.2, -0.15) is 0 Å². The molecule has 0 aromatic heterocycles. The van der Waals surface area contributed by atoms with E-state index >= 15 is 0 Å². The van der Waals surface area contributed by atoms with E-state index in [4.69, 9.17) is 34.8 Å². The van der Waals surface area contributed by atoms with Gasteiger partial charge in [-0.05, 0) is 67.8 Å². The van der Waals surface area contributed by atoms with Crippen molar-refractivity contribution in [2.24, 2.45) is 0 Å². The van der Waals surface area contributed by atoms with Gasteiger partial charge in [0.25, 0.3) is 10.0 Å². The number of aryl methyl sites for hydroxylation is 1. The molecular formula is C29H32Cl3N3O4S. The number of nitrogens with one attached hydrogen (secondary N) is 1. The third-order valence-electron chi connectivity index (χ3n) is 6.39. The van der Waals surface area contributed by atoms with Crippen molar-refractivity contribution in [3.8, 4) is 0 Å². The van der Waals surface area contributed by atoms with E-state index in [0.717, 1.165) is 4.31 Å². The molecule has 0 heterocycles. The summed E-state index contributed by atoms with van der Waals surface area (Å²) < 4.78 is 28.9. The highest BCUT2D eigenvalue weighted by atomic mass is 35.5. The van der Waals surface area contributed by atoms with E-state index in [-0.39, 0.29) is 23.8 Å². The molecule has 0 bridgehead atoms. The van der Waals surface area contributed by atoms with Crippen molar-refractivity contribution in [2.75, 3.05) is 17.4 Å². The van der Waals surface area contributed by atoms with Gasteiger partial charge >= 0.3 is 0 Å². The van der Waals surface area contributed by atoms with Crippen molar-refractivity contribution in [2.45, 2.75) is 51.1 Å². The van der Waals surface area contributed by atoms with Crippen LogP contribution in [0.1, 0.15) is 37.8 Å². The minimum absolute atomic E-state index is 0.0265. The average molecular weight is 625 g/mol. The Hall–Kier alpha value is -2.78. The quantitative estimate of drug-likeness (QED) is 0.250.